The van der Waals surface area contributed by atoms with Crippen molar-refractivity contribution in [1.29, 1.82) is 0 Å². The van der Waals surface area contributed by atoms with Gasteiger partial charge in [-0.05, 0) is 5.56 Å². The van der Waals surface area contributed by atoms with Gasteiger partial charge >= 0.3 is 0 Å². The SMILES string of the molecule is CS(=O)(=O)NCCNC(=O)C(Cl)c1ccccc1. The summed E-state index contributed by atoms with van der Waals surface area (Å²) in [6, 6.07) is 8.94. The number of sulfonamides is 1. The van der Waals surface area contributed by atoms with Crippen molar-refractivity contribution < 1.29 is 13.2 Å². The first kappa shape index (κ1) is 14.9. The minimum Gasteiger partial charge on any atom is -0.353 e. The van der Waals surface area contributed by atoms with Crippen LogP contribution in [0.15, 0.2) is 30.3 Å². The van der Waals surface area contributed by atoms with E-state index in [0.29, 0.717) is 5.56 Å². The van der Waals surface area contributed by atoms with Crippen molar-refractivity contribution in [1.82, 2.24) is 10.0 Å². The predicted molar refractivity (Wildman–Crippen MR) is 70.9 cm³/mol. The summed E-state index contributed by atoms with van der Waals surface area (Å²) in [5.41, 5.74) is 0.702. The zero-order valence-electron chi connectivity index (χ0n) is 9.89. The number of carbonyl (C=O) groups excluding carboxylic acids is 1. The quantitative estimate of drug-likeness (QED) is 0.596. The molecule has 100 valence electrons. The van der Waals surface area contributed by atoms with Gasteiger partial charge in [0, 0.05) is 13.1 Å². The maximum absolute atomic E-state index is 11.6. The molecular weight excluding hydrogens is 276 g/mol. The van der Waals surface area contributed by atoms with Gasteiger partial charge in [-0.2, -0.15) is 0 Å². The standard InChI is InChI=1S/C11H15ClN2O3S/c1-18(16,17)14-8-7-13-11(15)10(12)9-5-3-2-4-6-9/h2-6,10,14H,7-8H2,1H3,(H,13,15). The topological polar surface area (TPSA) is 75.3 Å². The van der Waals surface area contributed by atoms with E-state index in [4.69, 9.17) is 11.6 Å². The van der Waals surface area contributed by atoms with E-state index in [1.807, 2.05) is 6.07 Å². The lowest BCUT2D eigenvalue weighted by Gasteiger charge is -2.10. The molecule has 5 nitrogen and oxygen atoms in total. The number of hydrogen-bond acceptors (Lipinski definition) is 3. The molecule has 1 unspecified atom stereocenters. The van der Waals surface area contributed by atoms with E-state index >= 15 is 0 Å². The second kappa shape index (κ2) is 6.72. The maximum atomic E-state index is 11.6. The minimum absolute atomic E-state index is 0.142. The van der Waals surface area contributed by atoms with Crippen molar-refractivity contribution in [3.8, 4) is 0 Å². The van der Waals surface area contributed by atoms with Crippen LogP contribution in [0, 0.1) is 0 Å². The van der Waals surface area contributed by atoms with E-state index in [9.17, 15) is 13.2 Å². The summed E-state index contributed by atoms with van der Waals surface area (Å²) in [4.78, 5) is 11.6. The molecule has 2 N–H and O–H groups in total. The third kappa shape index (κ3) is 5.48. The van der Waals surface area contributed by atoms with Crippen LogP contribution in [0.25, 0.3) is 0 Å². The van der Waals surface area contributed by atoms with E-state index in [-0.39, 0.29) is 19.0 Å². The Hall–Kier alpha value is -1.11. The van der Waals surface area contributed by atoms with Crippen LogP contribution in [0.5, 0.6) is 0 Å². The van der Waals surface area contributed by atoms with Gasteiger partial charge in [-0.25, -0.2) is 13.1 Å². The Kier molecular flexibility index (Phi) is 5.58. The molecule has 0 bridgehead atoms. The number of carbonyl (C=O) groups is 1. The Labute approximate surface area is 112 Å². The molecule has 1 rings (SSSR count). The van der Waals surface area contributed by atoms with Gasteiger partial charge < -0.3 is 5.32 Å². The Morgan fingerprint density at radius 2 is 1.89 bits per heavy atom. The molecule has 18 heavy (non-hydrogen) atoms. The number of nitrogens with one attached hydrogen (secondary N) is 2. The first-order chi connectivity index (χ1) is 8.40. The van der Waals surface area contributed by atoms with Gasteiger partial charge in [-0.15, -0.1) is 11.6 Å². The fourth-order valence-electron chi connectivity index (χ4n) is 1.29. The van der Waals surface area contributed by atoms with Crippen LogP contribution in [-0.2, 0) is 14.8 Å². The predicted octanol–water partition coefficient (Wildman–Crippen LogP) is 0.632. The van der Waals surface area contributed by atoms with E-state index in [0.717, 1.165) is 6.26 Å². The number of rotatable bonds is 6. The minimum atomic E-state index is -3.23. The third-order valence-electron chi connectivity index (χ3n) is 2.11. The van der Waals surface area contributed by atoms with Crippen LogP contribution in [-0.4, -0.2) is 33.7 Å². The highest BCUT2D eigenvalue weighted by Crippen LogP contribution is 2.19. The zero-order valence-corrected chi connectivity index (χ0v) is 11.5. The molecule has 0 radical (unpaired) electrons. The molecule has 0 aliphatic heterocycles. The van der Waals surface area contributed by atoms with E-state index in [1.165, 1.54) is 0 Å². The van der Waals surface area contributed by atoms with Gasteiger partial charge in [0.15, 0.2) is 0 Å². The van der Waals surface area contributed by atoms with Crippen molar-refractivity contribution in [2.24, 2.45) is 0 Å². The maximum Gasteiger partial charge on any atom is 0.242 e. The molecule has 0 aliphatic rings. The van der Waals surface area contributed by atoms with Gasteiger partial charge in [0.1, 0.15) is 5.38 Å². The molecule has 0 aliphatic carbocycles. The summed E-state index contributed by atoms with van der Waals surface area (Å²) in [6.07, 6.45) is 1.06. The first-order valence-corrected chi connectivity index (χ1v) is 7.64. The van der Waals surface area contributed by atoms with Gasteiger partial charge in [0.05, 0.1) is 6.26 Å². The number of halogens is 1. The normalized spacial score (nSPS) is 13.0. The summed E-state index contributed by atoms with van der Waals surface area (Å²) in [6.45, 7) is 0.338. The number of alkyl halides is 1. The van der Waals surface area contributed by atoms with Crippen LogP contribution >= 0.6 is 11.6 Å². The molecule has 1 atom stereocenters. The molecule has 7 heteroatoms. The molecule has 0 saturated carbocycles. The van der Waals surface area contributed by atoms with Gasteiger partial charge in [0.25, 0.3) is 0 Å². The molecule has 1 aromatic rings. The molecule has 1 amide bonds. The lowest BCUT2D eigenvalue weighted by Crippen LogP contribution is -2.35. The fraction of sp³-hybridized carbons (Fsp3) is 0.364. The molecule has 0 spiro atoms. The highest BCUT2D eigenvalue weighted by Gasteiger charge is 2.16. The van der Waals surface area contributed by atoms with Crippen LogP contribution in [0.2, 0.25) is 0 Å². The lowest BCUT2D eigenvalue weighted by molar-refractivity contribution is -0.120. The van der Waals surface area contributed by atoms with Gasteiger partial charge in [-0.1, -0.05) is 30.3 Å². The second-order valence-corrected chi connectivity index (χ2v) is 6.00. The van der Waals surface area contributed by atoms with E-state index in [1.54, 1.807) is 24.3 Å². The number of hydrogen-bond donors (Lipinski definition) is 2. The molecule has 0 heterocycles. The number of benzene rings is 1. The first-order valence-electron chi connectivity index (χ1n) is 5.31. The average Bonchev–Trinajstić information content (AvgIpc) is 2.33. The summed E-state index contributed by atoms with van der Waals surface area (Å²) >= 11 is 5.97. The van der Waals surface area contributed by atoms with Gasteiger partial charge in [-0.3, -0.25) is 4.79 Å². The monoisotopic (exact) mass is 290 g/mol. The van der Waals surface area contributed by atoms with Crippen molar-refractivity contribution in [2.75, 3.05) is 19.3 Å². The Balaban J connectivity index is 2.38. The molecule has 0 saturated heterocycles. The summed E-state index contributed by atoms with van der Waals surface area (Å²) < 4.78 is 23.8. The second-order valence-electron chi connectivity index (χ2n) is 3.73. The van der Waals surface area contributed by atoms with Crippen LogP contribution in [0.4, 0.5) is 0 Å². The van der Waals surface area contributed by atoms with Crippen molar-refractivity contribution in [2.45, 2.75) is 5.38 Å². The van der Waals surface area contributed by atoms with Crippen LogP contribution < -0.4 is 10.0 Å². The molecule has 0 fully saturated rings. The molecule has 1 aromatic carbocycles. The van der Waals surface area contributed by atoms with E-state index in [2.05, 4.69) is 10.0 Å². The summed E-state index contributed by atoms with van der Waals surface area (Å²) in [5.74, 6) is -0.349. The average molecular weight is 291 g/mol. The highest BCUT2D eigenvalue weighted by molar-refractivity contribution is 7.88. The Morgan fingerprint density at radius 3 is 2.44 bits per heavy atom. The smallest absolute Gasteiger partial charge is 0.242 e. The van der Waals surface area contributed by atoms with E-state index < -0.39 is 15.4 Å². The Morgan fingerprint density at radius 1 is 1.28 bits per heavy atom. The zero-order chi connectivity index (χ0) is 13.6. The van der Waals surface area contributed by atoms with Crippen LogP contribution in [0.1, 0.15) is 10.9 Å². The number of amides is 1. The Bertz CT molecular complexity index is 490. The van der Waals surface area contributed by atoms with Crippen molar-refractivity contribution in [3.05, 3.63) is 35.9 Å². The largest absolute Gasteiger partial charge is 0.353 e. The van der Waals surface area contributed by atoms with Crippen LogP contribution in [0.3, 0.4) is 0 Å². The molecular formula is C11H15ClN2O3S. The highest BCUT2D eigenvalue weighted by atomic mass is 35.5. The fourth-order valence-corrected chi connectivity index (χ4v) is 1.98. The molecule has 0 aromatic heterocycles. The summed E-state index contributed by atoms with van der Waals surface area (Å²) in [7, 11) is -3.23. The van der Waals surface area contributed by atoms with Gasteiger partial charge in [0.2, 0.25) is 15.9 Å². The third-order valence-corrected chi connectivity index (χ3v) is 3.29. The van der Waals surface area contributed by atoms with Crippen molar-refractivity contribution in [3.63, 3.8) is 0 Å². The van der Waals surface area contributed by atoms with Crippen molar-refractivity contribution >= 4 is 27.5 Å². The lowest BCUT2D eigenvalue weighted by atomic mass is 10.1. The summed E-state index contributed by atoms with van der Waals surface area (Å²) in [5, 5.41) is 1.78.